The van der Waals surface area contributed by atoms with Gasteiger partial charge in [0.2, 0.25) is 10.0 Å². The summed E-state index contributed by atoms with van der Waals surface area (Å²) in [5, 5.41) is 17.1. The molecule has 4 aromatic rings. The molecule has 0 saturated heterocycles. The number of thiophene rings is 1. The maximum Gasteiger partial charge on any atom is 0.250 e. The van der Waals surface area contributed by atoms with E-state index in [2.05, 4.69) is 22.0 Å². The van der Waals surface area contributed by atoms with Gasteiger partial charge in [-0.05, 0) is 47.0 Å². The minimum absolute atomic E-state index is 0.119. The summed E-state index contributed by atoms with van der Waals surface area (Å²) < 4.78 is 28.9. The van der Waals surface area contributed by atoms with E-state index in [4.69, 9.17) is 0 Å². The molecule has 0 radical (unpaired) electrons. The van der Waals surface area contributed by atoms with Crippen molar-refractivity contribution in [2.24, 2.45) is 0 Å². The van der Waals surface area contributed by atoms with E-state index in [-0.39, 0.29) is 15.7 Å². The predicted octanol–water partition coefficient (Wildman–Crippen LogP) is 3.41. The maximum atomic E-state index is 12.9. The van der Waals surface area contributed by atoms with Crippen LogP contribution in [0.2, 0.25) is 0 Å². The largest absolute Gasteiger partial charge is 0.410 e. The summed E-state index contributed by atoms with van der Waals surface area (Å²) in [7, 11) is -3.61. The van der Waals surface area contributed by atoms with Gasteiger partial charge >= 0.3 is 0 Å². The highest BCUT2D eigenvalue weighted by atomic mass is 32.2. The van der Waals surface area contributed by atoms with E-state index >= 15 is 0 Å². The fourth-order valence-corrected chi connectivity index (χ4v) is 6.27. The van der Waals surface area contributed by atoms with Crippen molar-refractivity contribution in [3.05, 3.63) is 66.2 Å². The zero-order valence-electron chi connectivity index (χ0n) is 15.5. The highest BCUT2D eigenvalue weighted by Gasteiger charge is 2.53. The van der Waals surface area contributed by atoms with E-state index < -0.39 is 10.0 Å². The smallest absolute Gasteiger partial charge is 0.250 e. The summed E-state index contributed by atoms with van der Waals surface area (Å²) in [6.45, 7) is 2.08. The van der Waals surface area contributed by atoms with Crippen molar-refractivity contribution >= 4 is 32.4 Å². The van der Waals surface area contributed by atoms with E-state index in [0.717, 1.165) is 22.4 Å². The SMILES string of the molecule is C[C@]1(c2ccccc2)C[C@@H]1NS(=O)(=O)c1ccc(-c2ccc3nnn(O)c3c2)s1. The van der Waals surface area contributed by atoms with Crippen LogP contribution in [-0.2, 0) is 15.4 Å². The summed E-state index contributed by atoms with van der Waals surface area (Å²) in [6.07, 6.45) is 0.776. The Hall–Kier alpha value is -2.75. The number of sulfonamides is 1. The average molecular weight is 427 g/mol. The van der Waals surface area contributed by atoms with Gasteiger partial charge in [0.05, 0.1) is 0 Å². The van der Waals surface area contributed by atoms with Crippen LogP contribution in [0.3, 0.4) is 0 Å². The lowest BCUT2D eigenvalue weighted by Gasteiger charge is -2.12. The molecule has 9 heteroatoms. The molecule has 1 aliphatic carbocycles. The number of benzene rings is 2. The maximum absolute atomic E-state index is 12.9. The molecular formula is C20H18N4O3S2. The summed E-state index contributed by atoms with van der Waals surface area (Å²) in [4.78, 5) is 1.50. The fourth-order valence-electron chi connectivity index (χ4n) is 3.60. The van der Waals surface area contributed by atoms with Crippen molar-refractivity contribution < 1.29 is 13.6 Å². The van der Waals surface area contributed by atoms with Crippen LogP contribution >= 0.6 is 11.3 Å². The van der Waals surface area contributed by atoms with Crippen molar-refractivity contribution in [1.29, 1.82) is 0 Å². The van der Waals surface area contributed by atoms with Crippen LogP contribution in [0, 0.1) is 0 Å². The number of rotatable bonds is 5. The molecule has 0 spiro atoms. The van der Waals surface area contributed by atoms with Crippen molar-refractivity contribution in [1.82, 2.24) is 19.9 Å². The van der Waals surface area contributed by atoms with E-state index in [1.54, 1.807) is 24.3 Å². The fraction of sp³-hybridized carbons (Fsp3) is 0.200. The van der Waals surface area contributed by atoms with Gasteiger partial charge in [-0.2, -0.15) is 0 Å². The Morgan fingerprint density at radius 3 is 2.76 bits per heavy atom. The molecule has 2 aromatic carbocycles. The summed E-state index contributed by atoms with van der Waals surface area (Å²) in [5.74, 6) is 0. The van der Waals surface area contributed by atoms with Gasteiger partial charge in [-0.3, -0.25) is 0 Å². The third-order valence-corrected chi connectivity index (χ3v) is 8.62. The summed E-state index contributed by atoms with van der Waals surface area (Å²) >= 11 is 1.19. The average Bonchev–Trinajstić information content (AvgIpc) is 3.07. The third kappa shape index (κ3) is 3.11. The predicted molar refractivity (Wildman–Crippen MR) is 111 cm³/mol. The number of nitrogens with one attached hydrogen (secondary N) is 1. The third-order valence-electron chi connectivity index (χ3n) is 5.53. The zero-order valence-corrected chi connectivity index (χ0v) is 17.1. The molecule has 0 aliphatic heterocycles. The lowest BCUT2D eigenvalue weighted by molar-refractivity contribution is 0.155. The van der Waals surface area contributed by atoms with Gasteiger partial charge in [-0.1, -0.05) is 48.2 Å². The van der Waals surface area contributed by atoms with E-state index in [1.165, 1.54) is 11.3 Å². The second kappa shape index (κ2) is 6.38. The molecule has 5 rings (SSSR count). The van der Waals surface area contributed by atoms with Crippen molar-refractivity contribution in [3.8, 4) is 10.4 Å². The highest BCUT2D eigenvalue weighted by Crippen LogP contribution is 2.48. The monoisotopic (exact) mass is 426 g/mol. The van der Waals surface area contributed by atoms with E-state index in [0.29, 0.717) is 15.9 Å². The molecule has 1 aliphatic rings. The Balaban J connectivity index is 1.39. The van der Waals surface area contributed by atoms with Gasteiger partial charge in [0.25, 0.3) is 0 Å². The Labute approximate surface area is 171 Å². The Morgan fingerprint density at radius 2 is 1.97 bits per heavy atom. The molecule has 0 bridgehead atoms. The summed E-state index contributed by atoms with van der Waals surface area (Å²) in [5.41, 5.74) is 2.79. The molecular weight excluding hydrogens is 408 g/mol. The number of nitrogens with zero attached hydrogens (tertiary/aromatic N) is 3. The summed E-state index contributed by atoms with van der Waals surface area (Å²) in [6, 6.07) is 18.6. The zero-order chi connectivity index (χ0) is 20.2. The second-order valence-electron chi connectivity index (χ2n) is 7.46. The Kier molecular flexibility index (Phi) is 4.02. The van der Waals surface area contributed by atoms with Gasteiger partial charge in [-0.15, -0.1) is 16.4 Å². The van der Waals surface area contributed by atoms with E-state index in [9.17, 15) is 13.6 Å². The van der Waals surface area contributed by atoms with Crippen LogP contribution in [0.1, 0.15) is 18.9 Å². The van der Waals surface area contributed by atoms with Gasteiger partial charge in [0, 0.05) is 16.3 Å². The van der Waals surface area contributed by atoms with Crippen LogP contribution < -0.4 is 4.72 Å². The first-order chi connectivity index (χ1) is 13.9. The quantitative estimate of drug-likeness (QED) is 0.477. The normalized spacial score (nSPS) is 21.5. The molecule has 2 N–H and O–H groups in total. The molecule has 1 fully saturated rings. The highest BCUT2D eigenvalue weighted by molar-refractivity contribution is 7.91. The minimum Gasteiger partial charge on any atom is -0.410 e. The molecule has 0 amide bonds. The van der Waals surface area contributed by atoms with Crippen LogP contribution in [0.5, 0.6) is 0 Å². The second-order valence-corrected chi connectivity index (χ2v) is 10.5. The first-order valence-corrected chi connectivity index (χ1v) is 11.4. The molecule has 2 aromatic heterocycles. The lowest BCUT2D eigenvalue weighted by Crippen LogP contribution is -2.29. The van der Waals surface area contributed by atoms with Gasteiger partial charge in [0.1, 0.15) is 15.2 Å². The van der Waals surface area contributed by atoms with Crippen LogP contribution in [0.15, 0.2) is 64.9 Å². The molecule has 7 nitrogen and oxygen atoms in total. The lowest BCUT2D eigenvalue weighted by atomic mass is 9.98. The topological polar surface area (TPSA) is 97.1 Å². The van der Waals surface area contributed by atoms with Gasteiger partial charge in [-0.25, -0.2) is 13.1 Å². The molecule has 0 unspecified atom stereocenters. The number of hydrogen-bond donors (Lipinski definition) is 2. The molecule has 1 saturated carbocycles. The molecule has 29 heavy (non-hydrogen) atoms. The van der Waals surface area contributed by atoms with Crippen LogP contribution in [-0.4, -0.2) is 34.8 Å². The van der Waals surface area contributed by atoms with E-state index in [1.807, 2.05) is 36.4 Å². The number of fused-ring (bicyclic) bond motifs is 1. The molecule has 2 heterocycles. The standard InChI is InChI=1S/C20H18N4O3S2/c1-20(14-5-3-2-4-6-14)12-18(20)22-29(26,27)19-10-9-17(28-19)13-7-8-15-16(11-13)24(25)23-21-15/h2-11,18,22,25H,12H2,1H3/t18-,20+/m0/s1. The van der Waals surface area contributed by atoms with Gasteiger partial charge in [0.15, 0.2) is 0 Å². The Morgan fingerprint density at radius 1 is 1.17 bits per heavy atom. The molecule has 2 atom stereocenters. The Bertz CT molecular complexity index is 1310. The van der Waals surface area contributed by atoms with Gasteiger partial charge < -0.3 is 5.21 Å². The number of hydrogen-bond acceptors (Lipinski definition) is 6. The van der Waals surface area contributed by atoms with Crippen molar-refractivity contribution in [3.63, 3.8) is 0 Å². The first-order valence-electron chi connectivity index (χ1n) is 9.10. The van der Waals surface area contributed by atoms with Crippen LogP contribution in [0.4, 0.5) is 0 Å². The first kappa shape index (κ1) is 18.3. The van der Waals surface area contributed by atoms with Crippen LogP contribution in [0.25, 0.3) is 21.5 Å². The minimum atomic E-state index is -3.61. The number of aromatic nitrogens is 3. The molecule has 148 valence electrons. The van der Waals surface area contributed by atoms with Crippen molar-refractivity contribution in [2.75, 3.05) is 0 Å². The van der Waals surface area contributed by atoms with Crippen molar-refractivity contribution in [2.45, 2.75) is 29.0 Å².